The number of hydrogen-bond donors (Lipinski definition) is 0. The average Bonchev–Trinajstić information content (AvgIpc) is 3.39. The summed E-state index contributed by atoms with van der Waals surface area (Å²) in [6.45, 7) is 1.75. The van der Waals surface area contributed by atoms with E-state index in [2.05, 4.69) is 0 Å². The smallest absolute Gasteiger partial charge is 0.342 e. The van der Waals surface area contributed by atoms with Crippen molar-refractivity contribution in [1.82, 2.24) is 0 Å². The fourth-order valence-electron chi connectivity index (χ4n) is 3.18. The van der Waals surface area contributed by atoms with E-state index in [0.29, 0.717) is 18.4 Å². The van der Waals surface area contributed by atoms with E-state index >= 15 is 0 Å². The van der Waals surface area contributed by atoms with Gasteiger partial charge in [-0.25, -0.2) is 4.79 Å². The Kier molecular flexibility index (Phi) is 4.16. The van der Waals surface area contributed by atoms with Crippen LogP contribution in [0.5, 0.6) is 0 Å². The van der Waals surface area contributed by atoms with Gasteiger partial charge in [-0.2, -0.15) is 0 Å². The van der Waals surface area contributed by atoms with Crippen molar-refractivity contribution in [3.63, 3.8) is 0 Å². The Hall–Kier alpha value is -2.96. The summed E-state index contributed by atoms with van der Waals surface area (Å²) in [4.78, 5) is 49.5. The van der Waals surface area contributed by atoms with Gasteiger partial charge in [-0.15, -0.1) is 0 Å². The summed E-state index contributed by atoms with van der Waals surface area (Å²) in [5.74, 6) is -0.730. The molecule has 0 aromatic heterocycles. The third kappa shape index (κ3) is 2.61. The van der Waals surface area contributed by atoms with Gasteiger partial charge in [-0.3, -0.25) is 19.3 Å². The molecule has 25 heavy (non-hydrogen) atoms. The van der Waals surface area contributed by atoms with Crippen LogP contribution in [0.25, 0.3) is 0 Å². The molecule has 1 aromatic carbocycles. The number of fused-ring (bicyclic) bond motifs is 2. The molecular formula is C18H18N2O5. The number of carbonyl (C=O) groups is 4. The second-order valence-electron chi connectivity index (χ2n) is 6.08. The van der Waals surface area contributed by atoms with E-state index in [-0.39, 0.29) is 18.1 Å². The summed E-state index contributed by atoms with van der Waals surface area (Å²) in [6, 6.07) is 5.20. The van der Waals surface area contributed by atoms with Gasteiger partial charge in [0.05, 0.1) is 12.0 Å². The van der Waals surface area contributed by atoms with Crippen molar-refractivity contribution in [2.75, 3.05) is 23.5 Å². The van der Waals surface area contributed by atoms with Crippen LogP contribution in [0.15, 0.2) is 30.0 Å². The molecule has 0 saturated heterocycles. The number of aldehydes is 1. The van der Waals surface area contributed by atoms with Gasteiger partial charge >= 0.3 is 5.97 Å². The molecule has 0 N–H and O–H groups in total. The summed E-state index contributed by atoms with van der Waals surface area (Å²) >= 11 is 0. The van der Waals surface area contributed by atoms with E-state index in [0.717, 1.165) is 35.2 Å². The van der Waals surface area contributed by atoms with Crippen LogP contribution in [0.2, 0.25) is 0 Å². The van der Waals surface area contributed by atoms with Crippen molar-refractivity contribution in [2.45, 2.75) is 25.2 Å². The van der Waals surface area contributed by atoms with Crippen molar-refractivity contribution in [3.05, 3.63) is 35.5 Å². The van der Waals surface area contributed by atoms with Gasteiger partial charge in [0.2, 0.25) is 12.3 Å². The minimum atomic E-state index is -0.793. The molecule has 0 radical (unpaired) electrons. The molecule has 1 aromatic rings. The second-order valence-corrected chi connectivity index (χ2v) is 6.08. The van der Waals surface area contributed by atoms with Gasteiger partial charge in [0, 0.05) is 24.6 Å². The molecule has 1 heterocycles. The lowest BCUT2D eigenvalue weighted by atomic mass is 9.97. The first-order chi connectivity index (χ1) is 12.0. The van der Waals surface area contributed by atoms with Crippen molar-refractivity contribution in [3.8, 4) is 0 Å². The quantitative estimate of drug-likeness (QED) is 0.256. The van der Waals surface area contributed by atoms with Gasteiger partial charge in [-0.05, 0) is 43.5 Å². The van der Waals surface area contributed by atoms with E-state index in [1.807, 2.05) is 0 Å². The summed E-state index contributed by atoms with van der Waals surface area (Å²) < 4.78 is 4.79. The monoisotopic (exact) mass is 342 g/mol. The van der Waals surface area contributed by atoms with E-state index < -0.39 is 11.4 Å². The normalized spacial score (nSPS) is 17.3. The Morgan fingerprint density at radius 1 is 1.36 bits per heavy atom. The number of rotatable bonds is 6. The molecule has 1 aliphatic carbocycles. The minimum Gasteiger partial charge on any atom is -0.462 e. The molecule has 2 aliphatic rings. The Morgan fingerprint density at radius 2 is 2.08 bits per heavy atom. The van der Waals surface area contributed by atoms with Crippen LogP contribution in [0.4, 0.5) is 11.4 Å². The summed E-state index contributed by atoms with van der Waals surface area (Å²) in [6.07, 6.45) is 3.56. The number of amides is 2. The van der Waals surface area contributed by atoms with E-state index in [9.17, 15) is 19.2 Å². The van der Waals surface area contributed by atoms with Crippen molar-refractivity contribution < 1.29 is 23.9 Å². The number of nitrogens with zero attached hydrogens (tertiary/aromatic N) is 2. The molecule has 1 spiro atoms. The minimum absolute atomic E-state index is 0.0629. The van der Waals surface area contributed by atoms with Crippen LogP contribution in [-0.4, -0.2) is 38.2 Å². The van der Waals surface area contributed by atoms with Gasteiger partial charge < -0.3 is 9.64 Å². The predicted octanol–water partition coefficient (Wildman–Crippen LogP) is 1.30. The molecule has 130 valence electrons. The zero-order valence-corrected chi connectivity index (χ0v) is 14.0. The standard InChI is InChI=1S/C18H18N2O5/c1-3-25-16(23)12(10-21)9-20(11-22)13-4-5-15-14(8-13)18(6-7-18)17(24)19(15)2/h4-5,8-11H,3,6-7H2,1-2H3/b12-9+. The molecule has 1 aliphatic heterocycles. The van der Waals surface area contributed by atoms with Crippen LogP contribution in [-0.2, 0) is 29.3 Å². The molecule has 7 nitrogen and oxygen atoms in total. The molecule has 1 saturated carbocycles. The Balaban J connectivity index is 1.97. The van der Waals surface area contributed by atoms with E-state index in [1.54, 1.807) is 37.1 Å². The fourth-order valence-corrected chi connectivity index (χ4v) is 3.18. The van der Waals surface area contributed by atoms with E-state index in [4.69, 9.17) is 4.74 Å². The number of carbonyl (C=O) groups excluding carboxylic acids is 4. The highest BCUT2D eigenvalue weighted by Crippen LogP contribution is 2.57. The average molecular weight is 342 g/mol. The summed E-state index contributed by atoms with van der Waals surface area (Å²) in [5.41, 5.74) is 1.44. The van der Waals surface area contributed by atoms with Gasteiger partial charge in [0.15, 0.2) is 6.29 Å². The number of likely N-dealkylation sites (N-methyl/N-ethyl adjacent to an activating group) is 1. The van der Waals surface area contributed by atoms with Gasteiger partial charge in [-0.1, -0.05) is 0 Å². The molecule has 1 fully saturated rings. The van der Waals surface area contributed by atoms with E-state index in [1.165, 1.54) is 0 Å². The molecule has 0 bridgehead atoms. The van der Waals surface area contributed by atoms with Crippen LogP contribution in [0.3, 0.4) is 0 Å². The maximum absolute atomic E-state index is 12.4. The first-order valence-corrected chi connectivity index (χ1v) is 7.99. The largest absolute Gasteiger partial charge is 0.462 e. The molecule has 0 unspecified atom stereocenters. The number of ether oxygens (including phenoxy) is 1. The lowest BCUT2D eigenvalue weighted by molar-refractivity contribution is -0.139. The van der Waals surface area contributed by atoms with Gasteiger partial charge in [0.1, 0.15) is 5.57 Å². The first-order valence-electron chi connectivity index (χ1n) is 7.99. The Morgan fingerprint density at radius 3 is 2.64 bits per heavy atom. The number of hydrogen-bond acceptors (Lipinski definition) is 5. The number of esters is 1. The third-order valence-corrected chi connectivity index (χ3v) is 4.65. The predicted molar refractivity (Wildman–Crippen MR) is 90.1 cm³/mol. The Bertz CT molecular complexity index is 795. The number of benzene rings is 1. The Labute approximate surface area is 144 Å². The van der Waals surface area contributed by atoms with Crippen LogP contribution in [0.1, 0.15) is 25.3 Å². The molecule has 2 amide bonds. The van der Waals surface area contributed by atoms with Crippen molar-refractivity contribution >= 4 is 35.9 Å². The maximum atomic E-state index is 12.4. The zero-order chi connectivity index (χ0) is 18.2. The zero-order valence-electron chi connectivity index (χ0n) is 14.0. The second kappa shape index (κ2) is 6.16. The summed E-state index contributed by atoms with van der Waals surface area (Å²) in [5, 5.41) is 0. The highest BCUT2D eigenvalue weighted by atomic mass is 16.5. The van der Waals surface area contributed by atoms with Crippen molar-refractivity contribution in [2.24, 2.45) is 0 Å². The molecule has 7 heteroatoms. The van der Waals surface area contributed by atoms with Crippen LogP contribution < -0.4 is 9.80 Å². The SMILES string of the molecule is CCOC(=O)/C(C=O)=C/N(C=O)c1ccc2c(c1)C1(CC1)C(=O)N2C. The fraction of sp³-hybridized carbons (Fsp3) is 0.333. The lowest BCUT2D eigenvalue weighted by Gasteiger charge is -2.16. The topological polar surface area (TPSA) is 84.0 Å². The number of anilines is 2. The van der Waals surface area contributed by atoms with Crippen LogP contribution >= 0.6 is 0 Å². The molecular weight excluding hydrogens is 324 g/mol. The third-order valence-electron chi connectivity index (χ3n) is 4.65. The molecule has 3 rings (SSSR count). The highest BCUT2D eigenvalue weighted by molar-refractivity contribution is 6.11. The van der Waals surface area contributed by atoms with Crippen molar-refractivity contribution in [1.29, 1.82) is 0 Å². The summed E-state index contributed by atoms with van der Waals surface area (Å²) in [7, 11) is 1.73. The van der Waals surface area contributed by atoms with Crippen LogP contribution in [0, 0.1) is 0 Å². The maximum Gasteiger partial charge on any atom is 0.342 e. The first kappa shape index (κ1) is 16.9. The molecule has 0 atom stereocenters. The highest BCUT2D eigenvalue weighted by Gasteiger charge is 2.58. The lowest BCUT2D eigenvalue weighted by Crippen LogP contribution is -2.27. The van der Waals surface area contributed by atoms with Gasteiger partial charge in [0.25, 0.3) is 0 Å².